The van der Waals surface area contributed by atoms with Gasteiger partial charge >= 0.3 is 0 Å². The first-order valence-electron chi connectivity index (χ1n) is 6.67. The van der Waals surface area contributed by atoms with Gasteiger partial charge < -0.3 is 5.32 Å². The van der Waals surface area contributed by atoms with Crippen LogP contribution in [-0.2, 0) is 13.5 Å². The summed E-state index contributed by atoms with van der Waals surface area (Å²) in [5, 5.41) is 7.98. The van der Waals surface area contributed by atoms with Gasteiger partial charge in [-0.25, -0.2) is 0 Å². The topological polar surface area (TPSA) is 29.9 Å². The van der Waals surface area contributed by atoms with Crippen molar-refractivity contribution in [3.8, 4) is 0 Å². The lowest BCUT2D eigenvalue weighted by Gasteiger charge is -2.18. The van der Waals surface area contributed by atoms with E-state index in [2.05, 4.69) is 34.7 Å². The van der Waals surface area contributed by atoms with E-state index in [-0.39, 0.29) is 0 Å². The minimum atomic E-state index is 0.401. The van der Waals surface area contributed by atoms with Gasteiger partial charge in [-0.2, -0.15) is 5.10 Å². The smallest absolute Gasteiger partial charge is 0.148 e. The van der Waals surface area contributed by atoms with Crippen LogP contribution in [0.2, 0.25) is 0 Å². The van der Waals surface area contributed by atoms with Crippen LogP contribution in [0.3, 0.4) is 0 Å². The molecule has 1 unspecified atom stereocenters. The molecule has 18 heavy (non-hydrogen) atoms. The van der Waals surface area contributed by atoms with Crippen LogP contribution in [0.4, 0.5) is 5.82 Å². The molecule has 2 aromatic rings. The van der Waals surface area contributed by atoms with Gasteiger partial charge in [-0.15, -0.1) is 0 Å². The molecule has 0 fully saturated rings. The van der Waals surface area contributed by atoms with Crippen LogP contribution in [0.5, 0.6) is 0 Å². The molecule has 0 saturated carbocycles. The molecule has 0 spiro atoms. The van der Waals surface area contributed by atoms with Crippen molar-refractivity contribution in [1.82, 2.24) is 9.78 Å². The molecule has 1 atom stereocenters. The zero-order valence-corrected chi connectivity index (χ0v) is 10.8. The van der Waals surface area contributed by atoms with Gasteiger partial charge in [-0.1, -0.05) is 30.7 Å². The van der Waals surface area contributed by atoms with Crippen LogP contribution < -0.4 is 5.32 Å². The highest BCUT2D eigenvalue weighted by atomic mass is 15.3. The van der Waals surface area contributed by atoms with E-state index in [0.29, 0.717) is 6.04 Å². The molecule has 1 aromatic carbocycles. The highest BCUT2D eigenvalue weighted by molar-refractivity contribution is 5.40. The summed E-state index contributed by atoms with van der Waals surface area (Å²) in [5.74, 6) is 0.971. The van der Waals surface area contributed by atoms with Gasteiger partial charge in [0.1, 0.15) is 5.82 Å². The van der Waals surface area contributed by atoms with E-state index in [1.807, 2.05) is 24.0 Å². The first-order chi connectivity index (χ1) is 8.83. The molecule has 1 aromatic heterocycles. The van der Waals surface area contributed by atoms with Crippen molar-refractivity contribution in [2.75, 3.05) is 5.32 Å². The summed E-state index contributed by atoms with van der Waals surface area (Å²) in [6.45, 7) is 0. The zero-order chi connectivity index (χ0) is 12.4. The van der Waals surface area contributed by atoms with Crippen molar-refractivity contribution >= 4 is 5.82 Å². The fourth-order valence-electron chi connectivity index (χ4n) is 2.74. The zero-order valence-electron chi connectivity index (χ0n) is 10.8. The number of nitrogens with one attached hydrogen (secondary N) is 1. The minimum absolute atomic E-state index is 0.401. The Kier molecular flexibility index (Phi) is 3.05. The molecule has 1 aliphatic carbocycles. The van der Waals surface area contributed by atoms with E-state index >= 15 is 0 Å². The molecule has 0 bridgehead atoms. The van der Waals surface area contributed by atoms with Gasteiger partial charge in [0.15, 0.2) is 0 Å². The summed E-state index contributed by atoms with van der Waals surface area (Å²) in [5.41, 5.74) is 2.93. The third kappa shape index (κ3) is 2.26. The van der Waals surface area contributed by atoms with Gasteiger partial charge in [0, 0.05) is 19.3 Å². The van der Waals surface area contributed by atoms with E-state index in [0.717, 1.165) is 5.82 Å². The summed E-state index contributed by atoms with van der Waals surface area (Å²) in [6.07, 6.45) is 6.94. The standard InChI is InChI=1S/C15H19N3/c1-18-11-10-15(17-18)16-14-9-5-3-7-12-6-2-4-8-13(12)14/h2,4,6,8,10-11,14H,3,5,7,9H2,1H3,(H,16,17). The van der Waals surface area contributed by atoms with Crippen LogP contribution >= 0.6 is 0 Å². The SMILES string of the molecule is Cn1ccc(NC2CCCCc3ccccc32)n1. The average Bonchev–Trinajstić information content (AvgIpc) is 2.68. The second-order valence-corrected chi connectivity index (χ2v) is 5.02. The lowest BCUT2D eigenvalue weighted by atomic mass is 9.99. The van der Waals surface area contributed by atoms with Crippen molar-refractivity contribution in [1.29, 1.82) is 0 Å². The highest BCUT2D eigenvalue weighted by Crippen LogP contribution is 2.30. The third-order valence-electron chi connectivity index (χ3n) is 3.66. The molecule has 1 aliphatic rings. The van der Waals surface area contributed by atoms with Gasteiger partial charge in [-0.05, 0) is 30.4 Å². The number of nitrogens with zero attached hydrogens (tertiary/aromatic N) is 2. The number of hydrogen-bond acceptors (Lipinski definition) is 2. The number of hydrogen-bond donors (Lipinski definition) is 1. The predicted molar refractivity (Wildman–Crippen MR) is 73.6 cm³/mol. The Morgan fingerprint density at radius 3 is 2.94 bits per heavy atom. The van der Waals surface area contributed by atoms with Crippen molar-refractivity contribution in [3.63, 3.8) is 0 Å². The molecular formula is C15H19N3. The fourth-order valence-corrected chi connectivity index (χ4v) is 2.74. The number of benzene rings is 1. The lowest BCUT2D eigenvalue weighted by molar-refractivity contribution is 0.639. The van der Waals surface area contributed by atoms with Crippen LogP contribution in [0.25, 0.3) is 0 Å². The minimum Gasteiger partial charge on any atom is -0.362 e. The molecule has 3 heteroatoms. The normalized spacial score (nSPS) is 19.1. The summed E-state index contributed by atoms with van der Waals surface area (Å²) in [4.78, 5) is 0. The summed E-state index contributed by atoms with van der Waals surface area (Å²) in [7, 11) is 1.95. The highest BCUT2D eigenvalue weighted by Gasteiger charge is 2.18. The molecule has 3 nitrogen and oxygen atoms in total. The summed E-state index contributed by atoms with van der Waals surface area (Å²) < 4.78 is 1.84. The molecule has 0 aliphatic heterocycles. The van der Waals surface area contributed by atoms with E-state index in [4.69, 9.17) is 0 Å². The Balaban J connectivity index is 1.87. The lowest BCUT2D eigenvalue weighted by Crippen LogP contribution is -2.11. The Morgan fingerprint density at radius 1 is 1.22 bits per heavy atom. The van der Waals surface area contributed by atoms with Crippen LogP contribution in [0.1, 0.15) is 36.4 Å². The number of aromatic nitrogens is 2. The number of aryl methyl sites for hydroxylation is 2. The van der Waals surface area contributed by atoms with E-state index in [1.54, 1.807) is 0 Å². The van der Waals surface area contributed by atoms with Crippen LogP contribution in [0, 0.1) is 0 Å². The van der Waals surface area contributed by atoms with Gasteiger partial charge in [0.2, 0.25) is 0 Å². The van der Waals surface area contributed by atoms with E-state index in [1.165, 1.54) is 36.8 Å². The van der Waals surface area contributed by atoms with Crippen molar-refractivity contribution in [2.24, 2.45) is 7.05 Å². The van der Waals surface area contributed by atoms with Gasteiger partial charge in [0.05, 0.1) is 6.04 Å². The Labute approximate surface area is 108 Å². The largest absolute Gasteiger partial charge is 0.362 e. The molecule has 3 rings (SSSR count). The van der Waals surface area contributed by atoms with Gasteiger partial charge in [-0.3, -0.25) is 4.68 Å². The van der Waals surface area contributed by atoms with Crippen molar-refractivity contribution in [3.05, 3.63) is 47.7 Å². The quantitative estimate of drug-likeness (QED) is 0.818. The average molecular weight is 241 g/mol. The maximum atomic E-state index is 4.41. The van der Waals surface area contributed by atoms with Crippen LogP contribution in [-0.4, -0.2) is 9.78 Å². The number of fused-ring (bicyclic) bond motifs is 1. The molecule has 0 saturated heterocycles. The second-order valence-electron chi connectivity index (χ2n) is 5.02. The molecule has 0 radical (unpaired) electrons. The number of rotatable bonds is 2. The number of anilines is 1. The summed E-state index contributed by atoms with van der Waals surface area (Å²) >= 11 is 0. The Hall–Kier alpha value is -1.77. The third-order valence-corrected chi connectivity index (χ3v) is 3.66. The van der Waals surface area contributed by atoms with Crippen molar-refractivity contribution < 1.29 is 0 Å². The van der Waals surface area contributed by atoms with E-state index in [9.17, 15) is 0 Å². The van der Waals surface area contributed by atoms with Crippen molar-refractivity contribution in [2.45, 2.75) is 31.7 Å². The predicted octanol–water partition coefficient (Wildman–Crippen LogP) is 3.30. The molecule has 94 valence electrons. The molecule has 0 amide bonds. The molecular weight excluding hydrogens is 222 g/mol. The van der Waals surface area contributed by atoms with Crippen LogP contribution in [0.15, 0.2) is 36.5 Å². The van der Waals surface area contributed by atoms with E-state index < -0.39 is 0 Å². The Bertz CT molecular complexity index is 530. The maximum Gasteiger partial charge on any atom is 0.148 e. The Morgan fingerprint density at radius 2 is 2.11 bits per heavy atom. The first kappa shape index (κ1) is 11.3. The molecule has 1 heterocycles. The second kappa shape index (κ2) is 4.84. The summed E-state index contributed by atoms with van der Waals surface area (Å²) in [6, 6.07) is 11.2. The monoisotopic (exact) mass is 241 g/mol. The fraction of sp³-hybridized carbons (Fsp3) is 0.400. The molecule has 1 N–H and O–H groups in total. The van der Waals surface area contributed by atoms with Gasteiger partial charge in [0.25, 0.3) is 0 Å². The first-order valence-corrected chi connectivity index (χ1v) is 6.67. The maximum absolute atomic E-state index is 4.41.